The molecular weight excluding hydrogens is 168 g/mol. The first-order valence-corrected chi connectivity index (χ1v) is 4.45. The van der Waals surface area contributed by atoms with Gasteiger partial charge in [0.2, 0.25) is 0 Å². The first-order chi connectivity index (χ1) is 6.20. The van der Waals surface area contributed by atoms with Crippen molar-refractivity contribution in [2.24, 2.45) is 0 Å². The van der Waals surface area contributed by atoms with Crippen LogP contribution in [0.3, 0.4) is 0 Å². The van der Waals surface area contributed by atoms with E-state index in [0.29, 0.717) is 12.3 Å². The van der Waals surface area contributed by atoms with Gasteiger partial charge in [-0.15, -0.1) is 0 Å². The lowest BCUT2D eigenvalue weighted by molar-refractivity contribution is -0.141. The molecule has 0 amide bonds. The van der Waals surface area contributed by atoms with Gasteiger partial charge in [0.05, 0.1) is 0 Å². The molecule has 1 aromatic heterocycles. The number of rotatable bonds is 1. The highest BCUT2D eigenvalue weighted by Crippen LogP contribution is 2.31. The van der Waals surface area contributed by atoms with E-state index in [4.69, 9.17) is 5.11 Å². The number of carboxylic acid groups (broad SMARTS) is 1. The van der Waals surface area contributed by atoms with Crippen LogP contribution >= 0.6 is 0 Å². The van der Waals surface area contributed by atoms with Crippen molar-refractivity contribution in [3.8, 4) is 0 Å². The molecule has 1 aliphatic heterocycles. The van der Waals surface area contributed by atoms with Gasteiger partial charge in [-0.1, -0.05) is 6.92 Å². The molecule has 0 saturated carbocycles. The molecule has 0 aromatic carbocycles. The van der Waals surface area contributed by atoms with Crippen molar-refractivity contribution in [3.63, 3.8) is 0 Å². The summed E-state index contributed by atoms with van der Waals surface area (Å²) in [4.78, 5) is 15.0. The first-order valence-electron chi connectivity index (χ1n) is 4.45. The fraction of sp³-hybridized carbons (Fsp3) is 0.556. The monoisotopic (exact) mass is 180 g/mol. The Morgan fingerprint density at radius 1 is 1.69 bits per heavy atom. The number of carboxylic acids is 1. The molecule has 2 atom stereocenters. The van der Waals surface area contributed by atoms with Crippen LogP contribution in [0.1, 0.15) is 37.5 Å². The number of aliphatic carboxylic acids is 1. The lowest BCUT2D eigenvalue weighted by atomic mass is 9.96. The molecule has 1 aliphatic rings. The minimum atomic E-state index is -0.758. The Bertz CT molecular complexity index is 332. The van der Waals surface area contributed by atoms with Gasteiger partial charge in [0.1, 0.15) is 11.9 Å². The molecule has 13 heavy (non-hydrogen) atoms. The van der Waals surface area contributed by atoms with Gasteiger partial charge in [-0.3, -0.25) is 0 Å². The van der Waals surface area contributed by atoms with E-state index >= 15 is 0 Å². The van der Waals surface area contributed by atoms with Crippen LogP contribution in [0.2, 0.25) is 0 Å². The molecule has 2 unspecified atom stereocenters. The quantitative estimate of drug-likeness (QED) is 0.710. The van der Waals surface area contributed by atoms with Crippen LogP contribution in [-0.4, -0.2) is 20.6 Å². The van der Waals surface area contributed by atoms with E-state index in [-0.39, 0.29) is 0 Å². The van der Waals surface area contributed by atoms with Crippen molar-refractivity contribution in [1.82, 2.24) is 9.55 Å². The van der Waals surface area contributed by atoms with E-state index in [1.165, 1.54) is 0 Å². The standard InChI is InChI=1S/C9H12N2O2/c1-6-2-3-7(9(12)13)11-5-4-10-8(6)11/h4-7H,2-3H2,1H3,(H,12,13). The molecule has 70 valence electrons. The molecule has 0 spiro atoms. The van der Waals surface area contributed by atoms with Crippen LogP contribution in [0.25, 0.3) is 0 Å². The topological polar surface area (TPSA) is 55.1 Å². The highest BCUT2D eigenvalue weighted by atomic mass is 16.4. The van der Waals surface area contributed by atoms with Crippen LogP contribution < -0.4 is 0 Å². The minimum Gasteiger partial charge on any atom is -0.480 e. The highest BCUT2D eigenvalue weighted by molar-refractivity contribution is 5.72. The maximum atomic E-state index is 10.9. The molecule has 0 radical (unpaired) electrons. The molecule has 0 aliphatic carbocycles. The number of carbonyl (C=O) groups is 1. The fourth-order valence-corrected chi connectivity index (χ4v) is 1.89. The molecule has 0 fully saturated rings. The van der Waals surface area contributed by atoms with E-state index in [9.17, 15) is 4.79 Å². The van der Waals surface area contributed by atoms with Crippen LogP contribution in [0.15, 0.2) is 12.4 Å². The smallest absolute Gasteiger partial charge is 0.326 e. The summed E-state index contributed by atoms with van der Waals surface area (Å²) in [6.07, 6.45) is 5.05. The van der Waals surface area contributed by atoms with Gasteiger partial charge >= 0.3 is 5.97 Å². The second-order valence-corrected chi connectivity index (χ2v) is 3.53. The summed E-state index contributed by atoms with van der Waals surface area (Å²) in [5, 5.41) is 8.94. The Morgan fingerprint density at radius 3 is 3.15 bits per heavy atom. The number of nitrogens with zero attached hydrogens (tertiary/aromatic N) is 2. The summed E-state index contributed by atoms with van der Waals surface area (Å²) >= 11 is 0. The third-order valence-electron chi connectivity index (χ3n) is 2.63. The summed E-state index contributed by atoms with van der Waals surface area (Å²) in [5.74, 6) is 0.524. The van der Waals surface area contributed by atoms with Gasteiger partial charge in [-0.25, -0.2) is 9.78 Å². The van der Waals surface area contributed by atoms with E-state index < -0.39 is 12.0 Å². The predicted octanol–water partition coefficient (Wildman–Crippen LogP) is 1.41. The zero-order chi connectivity index (χ0) is 9.42. The third-order valence-corrected chi connectivity index (χ3v) is 2.63. The van der Waals surface area contributed by atoms with Gasteiger partial charge in [0.25, 0.3) is 0 Å². The lowest BCUT2D eigenvalue weighted by Gasteiger charge is -2.25. The Kier molecular flexibility index (Phi) is 1.83. The largest absolute Gasteiger partial charge is 0.480 e. The Morgan fingerprint density at radius 2 is 2.46 bits per heavy atom. The van der Waals surface area contributed by atoms with E-state index in [2.05, 4.69) is 11.9 Å². The maximum absolute atomic E-state index is 10.9. The predicted molar refractivity (Wildman–Crippen MR) is 46.5 cm³/mol. The van der Waals surface area contributed by atoms with E-state index in [1.807, 2.05) is 0 Å². The zero-order valence-electron chi connectivity index (χ0n) is 7.47. The number of imidazole rings is 1. The molecule has 1 N–H and O–H groups in total. The second-order valence-electron chi connectivity index (χ2n) is 3.53. The van der Waals surface area contributed by atoms with Gasteiger partial charge in [0, 0.05) is 18.3 Å². The normalized spacial score (nSPS) is 26.8. The average molecular weight is 180 g/mol. The van der Waals surface area contributed by atoms with Crippen molar-refractivity contribution < 1.29 is 9.90 Å². The Hall–Kier alpha value is -1.32. The molecule has 4 nitrogen and oxygen atoms in total. The van der Waals surface area contributed by atoms with Gasteiger partial charge < -0.3 is 9.67 Å². The van der Waals surface area contributed by atoms with Gasteiger partial charge in [-0.2, -0.15) is 0 Å². The summed E-state index contributed by atoms with van der Waals surface area (Å²) in [6.45, 7) is 2.08. The molecule has 1 aromatic rings. The van der Waals surface area contributed by atoms with E-state index in [0.717, 1.165) is 12.2 Å². The zero-order valence-corrected chi connectivity index (χ0v) is 7.47. The number of hydrogen-bond acceptors (Lipinski definition) is 2. The van der Waals surface area contributed by atoms with Crippen LogP contribution in [-0.2, 0) is 4.79 Å². The second kappa shape index (κ2) is 2.87. The van der Waals surface area contributed by atoms with E-state index in [1.54, 1.807) is 17.0 Å². The fourth-order valence-electron chi connectivity index (χ4n) is 1.89. The minimum absolute atomic E-state index is 0.380. The maximum Gasteiger partial charge on any atom is 0.326 e. The van der Waals surface area contributed by atoms with Crippen molar-refractivity contribution in [3.05, 3.63) is 18.2 Å². The lowest BCUT2D eigenvalue weighted by Crippen LogP contribution is -2.25. The number of fused-ring (bicyclic) bond motifs is 1. The van der Waals surface area contributed by atoms with Crippen LogP contribution in [0.5, 0.6) is 0 Å². The first kappa shape index (κ1) is 8.29. The van der Waals surface area contributed by atoms with Gasteiger partial charge in [0.15, 0.2) is 0 Å². The number of aromatic nitrogens is 2. The van der Waals surface area contributed by atoms with Crippen molar-refractivity contribution in [2.75, 3.05) is 0 Å². The summed E-state index contributed by atoms with van der Waals surface area (Å²) in [7, 11) is 0. The molecule has 2 rings (SSSR count). The molecule has 0 bridgehead atoms. The van der Waals surface area contributed by atoms with Crippen LogP contribution in [0, 0.1) is 0 Å². The van der Waals surface area contributed by atoms with Gasteiger partial charge in [-0.05, 0) is 12.8 Å². The molecule has 4 heteroatoms. The molecular formula is C9H12N2O2. The van der Waals surface area contributed by atoms with Crippen molar-refractivity contribution >= 4 is 5.97 Å². The SMILES string of the molecule is CC1CCC(C(=O)O)n2ccnc21. The molecule has 0 saturated heterocycles. The summed E-state index contributed by atoms with van der Waals surface area (Å²) < 4.78 is 1.77. The third kappa shape index (κ3) is 1.22. The Balaban J connectivity index is 2.40. The summed E-state index contributed by atoms with van der Waals surface area (Å²) in [6, 6.07) is -0.409. The van der Waals surface area contributed by atoms with Crippen molar-refractivity contribution in [2.45, 2.75) is 31.7 Å². The molecule has 2 heterocycles. The van der Waals surface area contributed by atoms with Crippen LogP contribution in [0.4, 0.5) is 0 Å². The highest BCUT2D eigenvalue weighted by Gasteiger charge is 2.29. The van der Waals surface area contributed by atoms with Crippen molar-refractivity contribution in [1.29, 1.82) is 0 Å². The Labute approximate surface area is 76.2 Å². The average Bonchev–Trinajstić information content (AvgIpc) is 2.53. The summed E-state index contributed by atoms with van der Waals surface area (Å²) in [5.41, 5.74) is 0. The number of hydrogen-bond donors (Lipinski definition) is 1.